The molecule has 2 aromatic carbocycles. The van der Waals surface area contributed by atoms with Crippen molar-refractivity contribution in [2.75, 3.05) is 24.5 Å². The SMILES string of the molecule is CCN(C(=O)C1CCN(C(=O)Cc2cccc(F)c2)CC1)c1ccccc1. The van der Waals surface area contributed by atoms with Crippen molar-refractivity contribution in [1.82, 2.24) is 4.90 Å². The quantitative estimate of drug-likeness (QED) is 0.808. The van der Waals surface area contributed by atoms with Gasteiger partial charge >= 0.3 is 0 Å². The molecule has 0 unspecified atom stereocenters. The van der Waals surface area contributed by atoms with Gasteiger partial charge in [0.25, 0.3) is 0 Å². The minimum Gasteiger partial charge on any atom is -0.342 e. The molecule has 0 aliphatic carbocycles. The summed E-state index contributed by atoms with van der Waals surface area (Å²) in [4.78, 5) is 29.0. The highest BCUT2D eigenvalue weighted by molar-refractivity contribution is 5.95. The standard InChI is InChI=1S/C22H25FN2O2/c1-2-25(20-9-4-3-5-10-20)22(27)18-11-13-24(14-12-18)21(26)16-17-7-6-8-19(23)15-17/h3-10,15,18H,2,11-14,16H2,1H3. The molecular formula is C22H25FN2O2. The van der Waals surface area contributed by atoms with Crippen LogP contribution in [0.2, 0.25) is 0 Å². The number of para-hydroxylation sites is 1. The Bertz CT molecular complexity index is 786. The number of amides is 2. The summed E-state index contributed by atoms with van der Waals surface area (Å²) < 4.78 is 13.3. The largest absolute Gasteiger partial charge is 0.342 e. The highest BCUT2D eigenvalue weighted by Gasteiger charge is 2.30. The fourth-order valence-corrected chi connectivity index (χ4v) is 3.60. The lowest BCUT2D eigenvalue weighted by Crippen LogP contribution is -2.45. The van der Waals surface area contributed by atoms with Gasteiger partial charge in [0, 0.05) is 31.2 Å². The molecule has 1 heterocycles. The van der Waals surface area contributed by atoms with E-state index in [-0.39, 0.29) is 30.0 Å². The number of likely N-dealkylation sites (tertiary alicyclic amines) is 1. The highest BCUT2D eigenvalue weighted by atomic mass is 19.1. The third-order valence-electron chi connectivity index (χ3n) is 5.09. The van der Waals surface area contributed by atoms with Crippen LogP contribution < -0.4 is 4.90 Å². The Labute approximate surface area is 159 Å². The number of piperidine rings is 1. The molecule has 4 nitrogen and oxygen atoms in total. The molecule has 27 heavy (non-hydrogen) atoms. The van der Waals surface area contributed by atoms with Gasteiger partial charge in [0.1, 0.15) is 5.82 Å². The topological polar surface area (TPSA) is 40.6 Å². The molecule has 3 rings (SSSR count). The third kappa shape index (κ3) is 4.73. The summed E-state index contributed by atoms with van der Waals surface area (Å²) in [6.07, 6.45) is 1.52. The Hall–Kier alpha value is -2.69. The monoisotopic (exact) mass is 368 g/mol. The van der Waals surface area contributed by atoms with Crippen LogP contribution in [0.3, 0.4) is 0 Å². The van der Waals surface area contributed by atoms with E-state index in [1.807, 2.05) is 42.2 Å². The van der Waals surface area contributed by atoms with Crippen molar-refractivity contribution in [2.45, 2.75) is 26.2 Å². The molecule has 0 spiro atoms. The van der Waals surface area contributed by atoms with Gasteiger partial charge in [0.05, 0.1) is 6.42 Å². The second-order valence-corrected chi connectivity index (χ2v) is 6.88. The number of hydrogen-bond acceptors (Lipinski definition) is 2. The molecule has 142 valence electrons. The molecule has 1 fully saturated rings. The Morgan fingerprint density at radius 1 is 1.07 bits per heavy atom. The number of rotatable bonds is 5. The Morgan fingerprint density at radius 2 is 1.78 bits per heavy atom. The van der Waals surface area contributed by atoms with Crippen LogP contribution in [0, 0.1) is 11.7 Å². The van der Waals surface area contributed by atoms with Crippen LogP contribution in [0.5, 0.6) is 0 Å². The minimum atomic E-state index is -0.329. The normalized spacial score (nSPS) is 14.8. The van der Waals surface area contributed by atoms with Crippen molar-refractivity contribution in [1.29, 1.82) is 0 Å². The molecule has 2 aromatic rings. The van der Waals surface area contributed by atoms with E-state index >= 15 is 0 Å². The van der Waals surface area contributed by atoms with Crippen LogP contribution in [0.1, 0.15) is 25.3 Å². The van der Waals surface area contributed by atoms with Crippen molar-refractivity contribution in [3.63, 3.8) is 0 Å². The zero-order valence-corrected chi connectivity index (χ0v) is 15.6. The summed E-state index contributed by atoms with van der Waals surface area (Å²) in [5.41, 5.74) is 1.59. The second kappa shape index (κ2) is 8.80. The van der Waals surface area contributed by atoms with E-state index in [0.717, 1.165) is 5.69 Å². The molecule has 0 aromatic heterocycles. The number of nitrogens with zero attached hydrogens (tertiary/aromatic N) is 2. The van der Waals surface area contributed by atoms with E-state index < -0.39 is 0 Å². The molecule has 2 amide bonds. The fourth-order valence-electron chi connectivity index (χ4n) is 3.60. The lowest BCUT2D eigenvalue weighted by Gasteiger charge is -2.34. The van der Waals surface area contributed by atoms with Crippen LogP contribution in [0.15, 0.2) is 54.6 Å². The number of carbonyl (C=O) groups is 2. The molecule has 1 aliphatic rings. The summed E-state index contributed by atoms with van der Waals surface area (Å²) in [7, 11) is 0. The molecular weight excluding hydrogens is 343 g/mol. The molecule has 5 heteroatoms. The lowest BCUT2D eigenvalue weighted by molar-refractivity contribution is -0.134. The minimum absolute atomic E-state index is 0.0121. The van der Waals surface area contributed by atoms with Crippen LogP contribution >= 0.6 is 0 Å². The number of anilines is 1. The van der Waals surface area contributed by atoms with E-state index in [4.69, 9.17) is 0 Å². The zero-order valence-electron chi connectivity index (χ0n) is 15.6. The first kappa shape index (κ1) is 19.1. The first-order chi connectivity index (χ1) is 13.1. The van der Waals surface area contributed by atoms with Crippen LogP contribution in [0.4, 0.5) is 10.1 Å². The molecule has 1 saturated heterocycles. The first-order valence-electron chi connectivity index (χ1n) is 9.47. The van der Waals surface area contributed by atoms with Crippen molar-refractivity contribution in [2.24, 2.45) is 5.92 Å². The van der Waals surface area contributed by atoms with E-state index in [2.05, 4.69) is 0 Å². The maximum absolute atomic E-state index is 13.3. The maximum atomic E-state index is 13.3. The summed E-state index contributed by atoms with van der Waals surface area (Å²) in [5.74, 6) is -0.281. The molecule has 0 N–H and O–H groups in total. The Balaban J connectivity index is 1.56. The Morgan fingerprint density at radius 3 is 2.41 bits per heavy atom. The third-order valence-corrected chi connectivity index (χ3v) is 5.09. The molecule has 0 radical (unpaired) electrons. The predicted octanol–water partition coefficient (Wildman–Crippen LogP) is 3.66. The first-order valence-corrected chi connectivity index (χ1v) is 9.47. The predicted molar refractivity (Wildman–Crippen MR) is 104 cm³/mol. The number of benzene rings is 2. The molecule has 1 aliphatic heterocycles. The van der Waals surface area contributed by atoms with Gasteiger partial charge in [-0.2, -0.15) is 0 Å². The van der Waals surface area contributed by atoms with Gasteiger partial charge in [0.15, 0.2) is 0 Å². The van der Waals surface area contributed by atoms with Gasteiger partial charge in [-0.1, -0.05) is 30.3 Å². The Kier molecular flexibility index (Phi) is 6.22. The van der Waals surface area contributed by atoms with E-state index in [0.29, 0.717) is 38.0 Å². The summed E-state index contributed by atoms with van der Waals surface area (Å²) in [5, 5.41) is 0. The van der Waals surface area contributed by atoms with Crippen molar-refractivity contribution in [3.8, 4) is 0 Å². The van der Waals surface area contributed by atoms with Gasteiger partial charge in [-0.3, -0.25) is 9.59 Å². The summed E-state index contributed by atoms with van der Waals surface area (Å²) >= 11 is 0. The van der Waals surface area contributed by atoms with Crippen LogP contribution in [-0.2, 0) is 16.0 Å². The van der Waals surface area contributed by atoms with Crippen molar-refractivity contribution < 1.29 is 14.0 Å². The summed E-state index contributed by atoms with van der Waals surface area (Å²) in [6, 6.07) is 15.8. The molecule has 0 bridgehead atoms. The zero-order chi connectivity index (χ0) is 19.2. The van der Waals surface area contributed by atoms with Crippen molar-refractivity contribution in [3.05, 3.63) is 66.0 Å². The van der Waals surface area contributed by atoms with Crippen molar-refractivity contribution >= 4 is 17.5 Å². The molecule has 0 saturated carbocycles. The van der Waals surface area contributed by atoms with E-state index in [1.165, 1.54) is 12.1 Å². The van der Waals surface area contributed by atoms with Gasteiger partial charge in [-0.05, 0) is 49.6 Å². The lowest BCUT2D eigenvalue weighted by atomic mass is 9.94. The molecule has 0 atom stereocenters. The van der Waals surface area contributed by atoms with Gasteiger partial charge < -0.3 is 9.80 Å². The fraction of sp³-hybridized carbons (Fsp3) is 0.364. The highest BCUT2D eigenvalue weighted by Crippen LogP contribution is 2.24. The average Bonchev–Trinajstić information content (AvgIpc) is 2.69. The maximum Gasteiger partial charge on any atom is 0.230 e. The van der Waals surface area contributed by atoms with E-state index in [9.17, 15) is 14.0 Å². The van der Waals surface area contributed by atoms with Gasteiger partial charge in [0.2, 0.25) is 11.8 Å². The van der Waals surface area contributed by atoms with E-state index in [1.54, 1.807) is 17.0 Å². The van der Waals surface area contributed by atoms with Gasteiger partial charge in [-0.15, -0.1) is 0 Å². The van der Waals surface area contributed by atoms with Gasteiger partial charge in [-0.25, -0.2) is 4.39 Å². The second-order valence-electron chi connectivity index (χ2n) is 6.88. The van der Waals surface area contributed by atoms with Crippen LogP contribution in [0.25, 0.3) is 0 Å². The van der Waals surface area contributed by atoms with Crippen LogP contribution in [-0.4, -0.2) is 36.3 Å². The average molecular weight is 368 g/mol. The smallest absolute Gasteiger partial charge is 0.230 e. The summed E-state index contributed by atoms with van der Waals surface area (Å²) in [6.45, 7) is 3.73. The number of carbonyl (C=O) groups excluding carboxylic acids is 2. The number of hydrogen-bond donors (Lipinski definition) is 0. The number of halogens is 1.